The van der Waals surface area contributed by atoms with Gasteiger partial charge >= 0.3 is 0 Å². The molecule has 0 unspecified atom stereocenters. The molecule has 0 radical (unpaired) electrons. The highest BCUT2D eigenvalue weighted by Gasteiger charge is 2.13. The number of hydroxylamine groups is 2. The van der Waals surface area contributed by atoms with Gasteiger partial charge in [0.15, 0.2) is 5.69 Å². The van der Waals surface area contributed by atoms with Crippen LogP contribution in [0.3, 0.4) is 0 Å². The van der Waals surface area contributed by atoms with Crippen molar-refractivity contribution < 1.29 is 10.0 Å². The summed E-state index contributed by atoms with van der Waals surface area (Å²) in [5.74, 6) is -0.554. The van der Waals surface area contributed by atoms with Gasteiger partial charge in [0.05, 0.1) is 6.20 Å². The predicted molar refractivity (Wildman–Crippen MR) is 34.9 cm³/mol. The van der Waals surface area contributed by atoms with Crippen LogP contribution in [0, 0.1) is 0 Å². The second-order valence-electron chi connectivity index (χ2n) is 1.88. The number of rotatable bonds is 2. The van der Waals surface area contributed by atoms with Crippen LogP contribution in [0.15, 0.2) is 6.20 Å². The SMILES string of the molecule is CCN(O)C(=O)c1cn[nH]n1. The molecule has 0 aliphatic carbocycles. The van der Waals surface area contributed by atoms with Crippen molar-refractivity contribution in [1.82, 2.24) is 20.5 Å². The largest absolute Gasteiger partial charge is 0.299 e. The maximum Gasteiger partial charge on any atom is 0.299 e. The van der Waals surface area contributed by atoms with Crippen molar-refractivity contribution in [3.63, 3.8) is 0 Å². The van der Waals surface area contributed by atoms with Crippen LogP contribution < -0.4 is 0 Å². The summed E-state index contributed by atoms with van der Waals surface area (Å²) in [6.07, 6.45) is 1.25. The number of hydrogen-bond donors (Lipinski definition) is 2. The number of amides is 1. The Labute approximate surface area is 62.8 Å². The molecule has 1 rings (SSSR count). The number of H-pyrrole nitrogens is 1. The van der Waals surface area contributed by atoms with Crippen molar-refractivity contribution in [1.29, 1.82) is 0 Å². The third kappa shape index (κ3) is 1.53. The molecular weight excluding hydrogens is 148 g/mol. The first-order valence-electron chi connectivity index (χ1n) is 3.12. The molecule has 0 aliphatic rings. The maximum absolute atomic E-state index is 11.0. The van der Waals surface area contributed by atoms with Gasteiger partial charge in [0.1, 0.15) is 0 Å². The van der Waals surface area contributed by atoms with Crippen LogP contribution >= 0.6 is 0 Å². The summed E-state index contributed by atoms with van der Waals surface area (Å²) in [6.45, 7) is 1.88. The molecule has 6 nitrogen and oxygen atoms in total. The molecule has 0 bridgehead atoms. The van der Waals surface area contributed by atoms with E-state index in [1.54, 1.807) is 6.92 Å². The number of hydrogen-bond acceptors (Lipinski definition) is 4. The molecule has 0 fully saturated rings. The first-order valence-corrected chi connectivity index (χ1v) is 3.12. The van der Waals surface area contributed by atoms with E-state index in [2.05, 4.69) is 15.4 Å². The van der Waals surface area contributed by atoms with Crippen molar-refractivity contribution in [2.45, 2.75) is 6.92 Å². The average molecular weight is 156 g/mol. The normalized spacial score (nSPS) is 9.64. The van der Waals surface area contributed by atoms with Gasteiger partial charge in [-0.25, -0.2) is 5.06 Å². The minimum Gasteiger partial charge on any atom is -0.286 e. The van der Waals surface area contributed by atoms with Crippen LogP contribution in [0.2, 0.25) is 0 Å². The summed E-state index contributed by atoms with van der Waals surface area (Å²) in [5, 5.41) is 18.7. The third-order valence-electron chi connectivity index (χ3n) is 1.17. The van der Waals surface area contributed by atoms with Gasteiger partial charge in [-0.15, -0.1) is 0 Å². The Kier molecular flexibility index (Phi) is 2.17. The molecule has 1 aromatic heterocycles. The molecule has 11 heavy (non-hydrogen) atoms. The zero-order valence-electron chi connectivity index (χ0n) is 5.98. The smallest absolute Gasteiger partial charge is 0.286 e. The second-order valence-corrected chi connectivity index (χ2v) is 1.88. The average Bonchev–Trinajstić information content (AvgIpc) is 2.53. The van der Waals surface area contributed by atoms with Crippen LogP contribution in [0.5, 0.6) is 0 Å². The molecule has 1 aromatic rings. The fourth-order valence-electron chi connectivity index (χ4n) is 0.580. The van der Waals surface area contributed by atoms with E-state index in [9.17, 15) is 4.79 Å². The maximum atomic E-state index is 11.0. The topological polar surface area (TPSA) is 82.1 Å². The van der Waals surface area contributed by atoms with Gasteiger partial charge < -0.3 is 0 Å². The third-order valence-corrected chi connectivity index (χ3v) is 1.17. The highest BCUT2D eigenvalue weighted by atomic mass is 16.5. The quantitative estimate of drug-likeness (QED) is 0.453. The molecule has 2 N–H and O–H groups in total. The minimum absolute atomic E-state index is 0.106. The number of nitrogens with one attached hydrogen (secondary N) is 1. The predicted octanol–water partition coefficient (Wildman–Crippen LogP) is -0.344. The van der Waals surface area contributed by atoms with Crippen LogP contribution in [0.4, 0.5) is 0 Å². The number of nitrogens with zero attached hydrogens (tertiary/aromatic N) is 3. The number of carbonyl (C=O) groups excluding carboxylic acids is 1. The van der Waals surface area contributed by atoms with E-state index in [1.807, 2.05) is 0 Å². The highest BCUT2D eigenvalue weighted by Crippen LogP contribution is 1.94. The molecule has 0 aromatic carbocycles. The molecular formula is C5H8N4O2. The molecule has 0 aliphatic heterocycles. The zero-order chi connectivity index (χ0) is 8.27. The van der Waals surface area contributed by atoms with E-state index >= 15 is 0 Å². The molecule has 1 heterocycles. The Morgan fingerprint density at radius 3 is 3.09 bits per heavy atom. The summed E-state index contributed by atoms with van der Waals surface area (Å²) < 4.78 is 0. The van der Waals surface area contributed by atoms with Crippen LogP contribution in [-0.2, 0) is 0 Å². The fraction of sp³-hybridized carbons (Fsp3) is 0.400. The Balaban J connectivity index is 2.70. The lowest BCUT2D eigenvalue weighted by Crippen LogP contribution is -2.27. The van der Waals surface area contributed by atoms with Crippen molar-refractivity contribution in [3.05, 3.63) is 11.9 Å². The summed E-state index contributed by atoms with van der Waals surface area (Å²) in [4.78, 5) is 11.0. The summed E-state index contributed by atoms with van der Waals surface area (Å²) in [6, 6.07) is 0. The van der Waals surface area contributed by atoms with E-state index in [-0.39, 0.29) is 12.2 Å². The summed E-state index contributed by atoms with van der Waals surface area (Å²) in [7, 11) is 0. The second kappa shape index (κ2) is 3.11. The van der Waals surface area contributed by atoms with E-state index in [0.717, 1.165) is 0 Å². The highest BCUT2D eigenvalue weighted by molar-refractivity contribution is 5.90. The fourth-order valence-corrected chi connectivity index (χ4v) is 0.580. The van der Waals surface area contributed by atoms with E-state index in [4.69, 9.17) is 5.21 Å². The van der Waals surface area contributed by atoms with Gasteiger partial charge in [-0.05, 0) is 6.92 Å². The van der Waals surface area contributed by atoms with Gasteiger partial charge in [-0.2, -0.15) is 15.4 Å². The molecule has 0 saturated heterocycles. The summed E-state index contributed by atoms with van der Waals surface area (Å²) >= 11 is 0. The Hall–Kier alpha value is -1.43. The number of aromatic amines is 1. The molecule has 0 spiro atoms. The van der Waals surface area contributed by atoms with Gasteiger partial charge in [-0.1, -0.05) is 0 Å². The lowest BCUT2D eigenvalue weighted by atomic mass is 10.4. The number of carbonyl (C=O) groups is 1. The summed E-state index contributed by atoms with van der Waals surface area (Å²) in [5.41, 5.74) is 0.106. The van der Waals surface area contributed by atoms with Crippen molar-refractivity contribution in [2.75, 3.05) is 6.54 Å². The molecule has 0 saturated carbocycles. The lowest BCUT2D eigenvalue weighted by Gasteiger charge is -2.08. The lowest BCUT2D eigenvalue weighted by molar-refractivity contribution is -0.0546. The molecule has 0 atom stereocenters. The van der Waals surface area contributed by atoms with Crippen LogP contribution in [-0.4, -0.2) is 38.1 Å². The van der Waals surface area contributed by atoms with E-state index < -0.39 is 5.91 Å². The Morgan fingerprint density at radius 1 is 1.91 bits per heavy atom. The standard InChI is InChI=1S/C5H8N4O2/c1-2-9(11)5(10)4-3-6-8-7-4/h3,11H,2H2,1H3,(H,6,7,8). The van der Waals surface area contributed by atoms with Crippen molar-refractivity contribution in [3.8, 4) is 0 Å². The van der Waals surface area contributed by atoms with Gasteiger partial charge in [0.25, 0.3) is 5.91 Å². The van der Waals surface area contributed by atoms with Crippen LogP contribution in [0.1, 0.15) is 17.4 Å². The van der Waals surface area contributed by atoms with Crippen molar-refractivity contribution >= 4 is 5.91 Å². The zero-order valence-corrected chi connectivity index (χ0v) is 5.98. The van der Waals surface area contributed by atoms with E-state index in [1.165, 1.54) is 6.20 Å². The van der Waals surface area contributed by atoms with E-state index in [0.29, 0.717) is 5.06 Å². The Morgan fingerprint density at radius 2 is 2.64 bits per heavy atom. The van der Waals surface area contributed by atoms with Gasteiger partial charge in [-0.3, -0.25) is 10.0 Å². The number of aromatic nitrogens is 3. The van der Waals surface area contributed by atoms with Crippen LogP contribution in [0.25, 0.3) is 0 Å². The molecule has 1 amide bonds. The van der Waals surface area contributed by atoms with Crippen molar-refractivity contribution in [2.24, 2.45) is 0 Å². The van der Waals surface area contributed by atoms with Gasteiger partial charge in [0.2, 0.25) is 0 Å². The first kappa shape index (κ1) is 7.67. The minimum atomic E-state index is -0.554. The molecule has 60 valence electrons. The first-order chi connectivity index (χ1) is 5.25. The van der Waals surface area contributed by atoms with Gasteiger partial charge in [0, 0.05) is 6.54 Å². The molecule has 6 heteroatoms. The monoisotopic (exact) mass is 156 g/mol. The Bertz CT molecular complexity index is 233.